The Morgan fingerprint density at radius 3 is 2.71 bits per heavy atom. The van der Waals surface area contributed by atoms with Crippen LogP contribution in [-0.4, -0.2) is 47.4 Å². The molecule has 162 valence electrons. The van der Waals surface area contributed by atoms with Crippen LogP contribution in [0.5, 0.6) is 0 Å². The first-order valence-corrected chi connectivity index (χ1v) is 10.7. The van der Waals surface area contributed by atoms with Crippen molar-refractivity contribution in [3.05, 3.63) is 59.4 Å². The normalized spacial score (nSPS) is 20.5. The minimum atomic E-state index is -3.83. The molecular weight excluding hydrogens is 430 g/mol. The van der Waals surface area contributed by atoms with Crippen molar-refractivity contribution < 1.29 is 22.0 Å². The number of carbonyl (C=O) groups excluding carboxylic acids is 1. The molecule has 2 heterocycles. The lowest BCUT2D eigenvalue weighted by Crippen LogP contribution is -2.61. The molecule has 1 aliphatic rings. The van der Waals surface area contributed by atoms with Crippen LogP contribution in [0.25, 0.3) is 11.0 Å². The monoisotopic (exact) mass is 448 g/mol. The van der Waals surface area contributed by atoms with Gasteiger partial charge < -0.3 is 15.6 Å². The Balaban J connectivity index is 1.64. The highest BCUT2D eigenvalue weighted by Crippen LogP contribution is 2.31. The first-order valence-electron chi connectivity index (χ1n) is 9.08. The van der Waals surface area contributed by atoms with Gasteiger partial charge in [-0.05, 0) is 37.3 Å². The molecule has 1 aliphatic heterocycles. The van der Waals surface area contributed by atoms with Gasteiger partial charge in [0.05, 0.1) is 22.3 Å². The number of hydrogen-bond donors (Lipinski definition) is 4. The molecular formula is C19H18F2N6O3S. The molecule has 1 unspecified atom stereocenters. The highest BCUT2D eigenvalue weighted by molar-refractivity contribution is 7.89. The fourth-order valence-corrected chi connectivity index (χ4v) is 4.90. The third-order valence-electron chi connectivity index (χ3n) is 5.08. The second-order valence-electron chi connectivity index (χ2n) is 7.43. The number of nitrogens with zero attached hydrogens (tertiary/aromatic N) is 2. The zero-order valence-electron chi connectivity index (χ0n) is 16.5. The molecule has 0 aliphatic carbocycles. The van der Waals surface area contributed by atoms with Gasteiger partial charge in [-0.25, -0.2) is 26.5 Å². The molecule has 0 bridgehead atoms. The zero-order valence-corrected chi connectivity index (χ0v) is 17.3. The summed E-state index contributed by atoms with van der Waals surface area (Å²) in [6.07, 6.45) is 0. The number of imidazole rings is 1. The van der Waals surface area contributed by atoms with Gasteiger partial charge in [0.2, 0.25) is 16.0 Å². The smallest absolute Gasteiger partial charge is 0.291 e. The van der Waals surface area contributed by atoms with Crippen LogP contribution in [-0.2, 0) is 15.6 Å². The topological polar surface area (TPSA) is 131 Å². The van der Waals surface area contributed by atoms with Gasteiger partial charge in [0, 0.05) is 24.4 Å². The van der Waals surface area contributed by atoms with E-state index in [0.717, 1.165) is 10.4 Å². The summed E-state index contributed by atoms with van der Waals surface area (Å²) in [4.78, 5) is 19.4. The molecule has 3 aromatic rings. The summed E-state index contributed by atoms with van der Waals surface area (Å²) in [7, 11) is -2.60. The van der Waals surface area contributed by atoms with Crippen molar-refractivity contribution in [1.82, 2.24) is 19.6 Å². The summed E-state index contributed by atoms with van der Waals surface area (Å²) in [5, 5.41) is 13.2. The van der Waals surface area contributed by atoms with E-state index in [1.165, 1.54) is 44.3 Å². The number of guanidine groups is 1. The molecule has 1 aromatic heterocycles. The Morgan fingerprint density at radius 1 is 1.26 bits per heavy atom. The second-order valence-corrected chi connectivity index (χ2v) is 9.43. The van der Waals surface area contributed by atoms with Gasteiger partial charge in [-0.1, -0.05) is 0 Å². The summed E-state index contributed by atoms with van der Waals surface area (Å²) in [5.41, 5.74) is -0.517. The van der Waals surface area contributed by atoms with E-state index in [4.69, 9.17) is 5.41 Å². The van der Waals surface area contributed by atoms with Crippen LogP contribution in [0.2, 0.25) is 0 Å². The van der Waals surface area contributed by atoms with Crippen molar-refractivity contribution in [3.63, 3.8) is 0 Å². The SMILES string of the molecule is CN1C(=N)NC(C)(c2cc(NC(=O)c3nc4cc(F)ccc4[nH]3)ccc2F)CS1(=O)=O. The number of H-pyrrole nitrogens is 1. The highest BCUT2D eigenvalue weighted by Gasteiger charge is 2.43. The third kappa shape index (κ3) is 3.69. The minimum Gasteiger partial charge on any atom is -0.345 e. The van der Waals surface area contributed by atoms with E-state index in [1.807, 2.05) is 0 Å². The number of amides is 1. The molecule has 1 fully saturated rings. The van der Waals surface area contributed by atoms with Gasteiger partial charge in [0.15, 0.2) is 5.82 Å². The molecule has 0 saturated carbocycles. The maximum absolute atomic E-state index is 14.6. The summed E-state index contributed by atoms with van der Waals surface area (Å²) < 4.78 is 53.5. The number of benzene rings is 2. The average molecular weight is 448 g/mol. The molecule has 4 rings (SSSR count). The van der Waals surface area contributed by atoms with Crippen molar-refractivity contribution in [2.24, 2.45) is 0 Å². The maximum atomic E-state index is 14.6. The van der Waals surface area contributed by atoms with Crippen LogP contribution in [0.15, 0.2) is 36.4 Å². The van der Waals surface area contributed by atoms with E-state index in [0.29, 0.717) is 5.52 Å². The van der Waals surface area contributed by atoms with Crippen LogP contribution in [0.3, 0.4) is 0 Å². The lowest BCUT2D eigenvalue weighted by atomic mass is 9.93. The van der Waals surface area contributed by atoms with Crippen LogP contribution >= 0.6 is 0 Å². The number of nitrogens with one attached hydrogen (secondary N) is 4. The Bertz CT molecular complexity index is 1340. The molecule has 31 heavy (non-hydrogen) atoms. The van der Waals surface area contributed by atoms with Crippen LogP contribution in [0.4, 0.5) is 14.5 Å². The van der Waals surface area contributed by atoms with Crippen molar-refractivity contribution in [1.29, 1.82) is 5.41 Å². The van der Waals surface area contributed by atoms with E-state index < -0.39 is 44.8 Å². The Labute approximate surface area is 176 Å². The molecule has 9 nitrogen and oxygen atoms in total. The van der Waals surface area contributed by atoms with Crippen molar-refractivity contribution >= 4 is 38.6 Å². The summed E-state index contributed by atoms with van der Waals surface area (Å²) >= 11 is 0. The number of anilines is 1. The Hall–Kier alpha value is -3.54. The predicted molar refractivity (Wildman–Crippen MR) is 110 cm³/mol. The third-order valence-corrected chi connectivity index (χ3v) is 7.04. The molecule has 2 aromatic carbocycles. The zero-order chi connectivity index (χ0) is 22.6. The van der Waals surface area contributed by atoms with E-state index >= 15 is 0 Å². The molecule has 1 atom stereocenters. The Morgan fingerprint density at radius 2 is 2.00 bits per heavy atom. The molecule has 1 amide bonds. The van der Waals surface area contributed by atoms with E-state index in [1.54, 1.807) is 0 Å². The summed E-state index contributed by atoms with van der Waals surface area (Å²) in [6, 6.07) is 7.58. The number of aromatic nitrogens is 2. The lowest BCUT2D eigenvalue weighted by molar-refractivity contribution is 0.101. The molecule has 4 N–H and O–H groups in total. The number of fused-ring (bicyclic) bond motifs is 1. The van der Waals surface area contributed by atoms with Gasteiger partial charge in [0.25, 0.3) is 5.91 Å². The van der Waals surface area contributed by atoms with Crippen molar-refractivity contribution in [2.75, 3.05) is 18.1 Å². The second kappa shape index (κ2) is 7.01. The van der Waals surface area contributed by atoms with Gasteiger partial charge >= 0.3 is 0 Å². The summed E-state index contributed by atoms with van der Waals surface area (Å²) in [6.45, 7) is 1.46. The maximum Gasteiger partial charge on any atom is 0.291 e. The van der Waals surface area contributed by atoms with E-state index in [9.17, 15) is 22.0 Å². The summed E-state index contributed by atoms with van der Waals surface area (Å²) in [5.74, 6) is -2.77. The number of hydrogen-bond acceptors (Lipinski definition) is 5. The number of halogens is 2. The lowest BCUT2D eigenvalue weighted by Gasteiger charge is -2.40. The van der Waals surface area contributed by atoms with Crippen LogP contribution in [0.1, 0.15) is 23.1 Å². The molecule has 0 spiro atoms. The van der Waals surface area contributed by atoms with Crippen molar-refractivity contribution in [3.8, 4) is 0 Å². The van der Waals surface area contributed by atoms with E-state index in [-0.39, 0.29) is 22.6 Å². The molecule has 1 saturated heterocycles. The van der Waals surface area contributed by atoms with Gasteiger partial charge in [-0.2, -0.15) is 0 Å². The molecule has 12 heteroatoms. The number of sulfonamides is 1. The quantitative estimate of drug-likeness (QED) is 0.487. The number of aromatic amines is 1. The standard InChI is InChI=1S/C19H18F2N6O3S/c1-19(9-31(29,30)27(2)18(22)26-19)12-8-11(4-5-13(12)21)23-17(28)16-24-14-6-3-10(20)7-15(14)25-16/h3-8H,9H2,1-2H3,(H2,22,26)(H,23,28)(H,24,25). The fraction of sp³-hybridized carbons (Fsp3) is 0.211. The Kier molecular flexibility index (Phi) is 4.69. The van der Waals surface area contributed by atoms with Gasteiger partial charge in [-0.3, -0.25) is 10.2 Å². The van der Waals surface area contributed by atoms with Crippen molar-refractivity contribution in [2.45, 2.75) is 12.5 Å². The molecule has 0 radical (unpaired) electrons. The highest BCUT2D eigenvalue weighted by atomic mass is 32.2. The van der Waals surface area contributed by atoms with Gasteiger partial charge in [0.1, 0.15) is 11.6 Å². The average Bonchev–Trinajstić information content (AvgIpc) is 3.10. The fourth-order valence-electron chi connectivity index (χ4n) is 3.42. The van der Waals surface area contributed by atoms with Crippen LogP contribution in [0, 0.1) is 17.0 Å². The number of rotatable bonds is 3. The first-order chi connectivity index (χ1) is 14.5. The van der Waals surface area contributed by atoms with E-state index in [2.05, 4.69) is 20.6 Å². The number of carbonyl (C=O) groups is 1. The first kappa shape index (κ1) is 20.7. The minimum absolute atomic E-state index is 0.0293. The van der Waals surface area contributed by atoms with Gasteiger partial charge in [-0.15, -0.1) is 0 Å². The predicted octanol–water partition coefficient (Wildman–Crippen LogP) is 2.11. The largest absolute Gasteiger partial charge is 0.345 e. The van der Waals surface area contributed by atoms with Crippen LogP contribution < -0.4 is 10.6 Å².